The molecular weight excluding hydrogens is 230 g/mol. The van der Waals surface area contributed by atoms with Gasteiger partial charge in [0.05, 0.1) is 7.11 Å². The molecule has 1 aromatic carbocycles. The van der Waals surface area contributed by atoms with Crippen molar-refractivity contribution in [1.82, 2.24) is 0 Å². The Bertz CT molecular complexity index is 442. The molecule has 0 atom stereocenters. The van der Waals surface area contributed by atoms with Crippen molar-refractivity contribution in [3.63, 3.8) is 0 Å². The van der Waals surface area contributed by atoms with E-state index in [1.807, 2.05) is 0 Å². The highest BCUT2D eigenvalue weighted by atomic mass is 19.2. The van der Waals surface area contributed by atoms with Crippen LogP contribution in [0.15, 0.2) is 18.2 Å². The van der Waals surface area contributed by atoms with Crippen LogP contribution in [0, 0.1) is 11.6 Å². The first-order valence-corrected chi connectivity index (χ1v) is 4.96. The van der Waals surface area contributed by atoms with Crippen molar-refractivity contribution in [3.05, 3.63) is 35.4 Å². The van der Waals surface area contributed by atoms with Crippen molar-refractivity contribution in [2.75, 3.05) is 7.11 Å². The summed E-state index contributed by atoms with van der Waals surface area (Å²) in [6.45, 7) is 0. The van der Waals surface area contributed by atoms with Gasteiger partial charge in [0.1, 0.15) is 5.75 Å². The molecule has 0 aliphatic rings. The third-order valence-electron chi connectivity index (χ3n) is 2.09. The number of carbonyl (C=O) groups is 1. The van der Waals surface area contributed by atoms with Gasteiger partial charge in [-0.25, -0.2) is 8.78 Å². The van der Waals surface area contributed by atoms with E-state index in [1.54, 1.807) is 6.08 Å². The fraction of sp³-hybridized carbons (Fsp3) is 0.250. The van der Waals surface area contributed by atoms with Crippen LogP contribution in [0.2, 0.25) is 0 Å². The van der Waals surface area contributed by atoms with Gasteiger partial charge in [0.2, 0.25) is 0 Å². The van der Waals surface area contributed by atoms with Crippen molar-refractivity contribution in [2.24, 2.45) is 0 Å². The first-order valence-electron chi connectivity index (χ1n) is 4.96. The number of ether oxygens (including phenoxy) is 1. The largest absolute Gasteiger partial charge is 0.496 e. The van der Waals surface area contributed by atoms with Gasteiger partial charge in [-0.2, -0.15) is 0 Å². The number of allylic oxidation sites excluding steroid dienone is 1. The molecule has 0 unspecified atom stereocenters. The van der Waals surface area contributed by atoms with Crippen molar-refractivity contribution >= 4 is 12.0 Å². The Balaban J connectivity index is 2.82. The summed E-state index contributed by atoms with van der Waals surface area (Å²) in [5.74, 6) is -2.66. The van der Waals surface area contributed by atoms with E-state index in [1.165, 1.54) is 13.2 Å². The highest BCUT2D eigenvalue weighted by molar-refractivity contribution is 5.67. The topological polar surface area (TPSA) is 46.5 Å². The van der Waals surface area contributed by atoms with E-state index in [4.69, 9.17) is 9.84 Å². The van der Waals surface area contributed by atoms with Crippen LogP contribution >= 0.6 is 0 Å². The summed E-state index contributed by atoms with van der Waals surface area (Å²) in [7, 11) is 1.35. The third-order valence-corrected chi connectivity index (χ3v) is 2.09. The fourth-order valence-corrected chi connectivity index (χ4v) is 1.27. The number of methoxy groups -OCH3 is 1. The van der Waals surface area contributed by atoms with E-state index in [2.05, 4.69) is 0 Å². The molecule has 0 aliphatic heterocycles. The summed E-state index contributed by atoms with van der Waals surface area (Å²) >= 11 is 0. The second kappa shape index (κ2) is 5.98. The molecule has 0 saturated heterocycles. The summed E-state index contributed by atoms with van der Waals surface area (Å²) in [5, 5.41) is 8.42. The quantitative estimate of drug-likeness (QED) is 0.863. The van der Waals surface area contributed by atoms with Crippen molar-refractivity contribution < 1.29 is 23.4 Å². The Hall–Kier alpha value is -1.91. The lowest BCUT2D eigenvalue weighted by Crippen LogP contribution is -1.93. The molecule has 0 fully saturated rings. The van der Waals surface area contributed by atoms with Gasteiger partial charge in [0.25, 0.3) is 0 Å². The van der Waals surface area contributed by atoms with Crippen LogP contribution in [0.3, 0.4) is 0 Å². The zero-order chi connectivity index (χ0) is 12.8. The van der Waals surface area contributed by atoms with Gasteiger partial charge < -0.3 is 9.84 Å². The van der Waals surface area contributed by atoms with Crippen molar-refractivity contribution in [1.29, 1.82) is 0 Å². The summed E-state index contributed by atoms with van der Waals surface area (Å²) in [6.07, 6.45) is 3.38. The van der Waals surface area contributed by atoms with Crippen molar-refractivity contribution in [3.8, 4) is 5.75 Å². The molecule has 3 nitrogen and oxygen atoms in total. The number of halogens is 2. The Labute approximate surface area is 97.3 Å². The number of hydrogen-bond acceptors (Lipinski definition) is 2. The Morgan fingerprint density at radius 2 is 2.06 bits per heavy atom. The minimum atomic E-state index is -0.982. The molecule has 0 aliphatic carbocycles. The number of rotatable bonds is 5. The van der Waals surface area contributed by atoms with E-state index >= 15 is 0 Å². The van der Waals surface area contributed by atoms with Gasteiger partial charge in [0, 0.05) is 18.1 Å². The summed E-state index contributed by atoms with van der Waals surface area (Å²) in [6, 6.07) is 1.96. The smallest absolute Gasteiger partial charge is 0.303 e. The predicted octanol–water partition coefficient (Wildman–Crippen LogP) is 2.85. The van der Waals surface area contributed by atoms with E-state index in [9.17, 15) is 13.6 Å². The lowest BCUT2D eigenvalue weighted by Gasteiger charge is -2.05. The maximum atomic E-state index is 13.0. The molecule has 0 radical (unpaired) electrons. The lowest BCUT2D eigenvalue weighted by molar-refractivity contribution is -0.136. The standard InChI is InChI=1S/C12H12F2O3/c1-17-11-7-10(14)9(13)6-8(11)4-2-3-5-12(15)16/h2,4,6-7H,3,5H2,1H3,(H,15,16). The molecule has 1 N–H and O–H groups in total. The Morgan fingerprint density at radius 1 is 1.41 bits per heavy atom. The van der Waals surface area contributed by atoms with Crippen LogP contribution in [0.5, 0.6) is 5.75 Å². The molecule has 0 bridgehead atoms. The maximum Gasteiger partial charge on any atom is 0.303 e. The van der Waals surface area contributed by atoms with E-state index in [-0.39, 0.29) is 12.2 Å². The first-order chi connectivity index (χ1) is 8.04. The summed E-state index contributed by atoms with van der Waals surface area (Å²) < 4.78 is 30.7. The highest BCUT2D eigenvalue weighted by Gasteiger charge is 2.07. The van der Waals surface area contributed by atoms with Gasteiger partial charge in [-0.1, -0.05) is 12.2 Å². The zero-order valence-electron chi connectivity index (χ0n) is 9.24. The van der Waals surface area contributed by atoms with Crippen LogP contribution in [-0.2, 0) is 4.79 Å². The number of carboxylic acids is 1. The number of hydrogen-bond donors (Lipinski definition) is 1. The molecule has 92 valence electrons. The Morgan fingerprint density at radius 3 is 2.65 bits per heavy atom. The second-order valence-corrected chi connectivity index (χ2v) is 3.34. The SMILES string of the molecule is COc1cc(F)c(F)cc1C=CCCC(=O)O. The number of aliphatic carboxylic acids is 1. The maximum absolute atomic E-state index is 13.0. The van der Waals surface area contributed by atoms with Crippen LogP contribution < -0.4 is 4.74 Å². The fourth-order valence-electron chi connectivity index (χ4n) is 1.27. The molecule has 5 heteroatoms. The number of benzene rings is 1. The zero-order valence-corrected chi connectivity index (χ0v) is 9.24. The molecule has 1 rings (SSSR count). The van der Waals surface area contributed by atoms with Crippen LogP contribution in [-0.4, -0.2) is 18.2 Å². The van der Waals surface area contributed by atoms with E-state index in [0.717, 1.165) is 12.1 Å². The predicted molar refractivity (Wildman–Crippen MR) is 58.8 cm³/mol. The molecule has 17 heavy (non-hydrogen) atoms. The molecule has 0 amide bonds. The molecular formula is C12H12F2O3. The van der Waals surface area contributed by atoms with Gasteiger partial charge in [-0.05, 0) is 12.5 Å². The second-order valence-electron chi connectivity index (χ2n) is 3.34. The normalized spacial score (nSPS) is 10.8. The average Bonchev–Trinajstić information content (AvgIpc) is 2.28. The van der Waals surface area contributed by atoms with E-state index in [0.29, 0.717) is 12.0 Å². The van der Waals surface area contributed by atoms with Crippen LogP contribution in [0.4, 0.5) is 8.78 Å². The van der Waals surface area contributed by atoms with Gasteiger partial charge >= 0.3 is 5.97 Å². The summed E-state index contributed by atoms with van der Waals surface area (Å²) in [4.78, 5) is 10.3. The molecule has 1 aromatic rings. The average molecular weight is 242 g/mol. The number of carboxylic acid groups (broad SMARTS) is 1. The third kappa shape index (κ3) is 3.86. The van der Waals surface area contributed by atoms with Gasteiger partial charge in [-0.3, -0.25) is 4.79 Å². The van der Waals surface area contributed by atoms with Crippen LogP contribution in [0.25, 0.3) is 6.08 Å². The van der Waals surface area contributed by atoms with Gasteiger partial charge in [-0.15, -0.1) is 0 Å². The van der Waals surface area contributed by atoms with Gasteiger partial charge in [0.15, 0.2) is 11.6 Å². The van der Waals surface area contributed by atoms with Crippen molar-refractivity contribution in [2.45, 2.75) is 12.8 Å². The lowest BCUT2D eigenvalue weighted by atomic mass is 10.1. The van der Waals surface area contributed by atoms with Crippen LogP contribution in [0.1, 0.15) is 18.4 Å². The molecule has 0 spiro atoms. The first kappa shape index (κ1) is 13.2. The minimum absolute atomic E-state index is 0.0114. The Kier molecular flexibility index (Phi) is 4.63. The monoisotopic (exact) mass is 242 g/mol. The highest BCUT2D eigenvalue weighted by Crippen LogP contribution is 2.23. The molecule has 0 aromatic heterocycles. The summed E-state index contributed by atoms with van der Waals surface area (Å²) in [5.41, 5.74) is 0.372. The molecule has 0 heterocycles. The molecule has 0 saturated carbocycles. The van der Waals surface area contributed by atoms with E-state index < -0.39 is 17.6 Å². The minimum Gasteiger partial charge on any atom is -0.496 e.